The van der Waals surface area contributed by atoms with E-state index in [1.54, 1.807) is 0 Å². The molecule has 0 aliphatic heterocycles. The molecule has 0 saturated carbocycles. The second-order valence-corrected chi connectivity index (χ2v) is 15.8. The zero-order valence-electron chi connectivity index (χ0n) is 31.9. The molecule has 0 N–H and O–H groups in total. The lowest BCUT2D eigenvalue weighted by molar-refractivity contribution is 0.663. The van der Waals surface area contributed by atoms with Crippen LogP contribution in [0.3, 0.4) is 0 Å². The van der Waals surface area contributed by atoms with Crippen molar-refractivity contribution in [1.82, 2.24) is 9.97 Å². The van der Waals surface area contributed by atoms with E-state index in [9.17, 15) is 0 Å². The van der Waals surface area contributed by atoms with Gasteiger partial charge in [-0.1, -0.05) is 172 Å². The molecule has 0 saturated heterocycles. The molecule has 0 fully saturated rings. The maximum atomic E-state index is 5.28. The summed E-state index contributed by atoms with van der Waals surface area (Å²) in [6.45, 7) is 4.76. The fourth-order valence-electron chi connectivity index (χ4n) is 9.23. The monoisotopic (exact) mass is 726 g/mol. The molecule has 0 spiro atoms. The van der Waals surface area contributed by atoms with Gasteiger partial charge in [0, 0.05) is 22.1 Å². The average molecular weight is 727 g/mol. The summed E-state index contributed by atoms with van der Waals surface area (Å²) in [6.07, 6.45) is 0. The Balaban J connectivity index is 1.04. The van der Waals surface area contributed by atoms with E-state index >= 15 is 0 Å². The van der Waals surface area contributed by atoms with Crippen LogP contribution >= 0.6 is 0 Å². The third-order valence-electron chi connectivity index (χ3n) is 12.0. The van der Waals surface area contributed by atoms with Gasteiger partial charge in [0.25, 0.3) is 0 Å². The number of nitrogens with zero attached hydrogens (tertiary/aromatic N) is 2. The van der Waals surface area contributed by atoms with Crippen LogP contribution in [0.1, 0.15) is 25.0 Å². The van der Waals surface area contributed by atoms with Gasteiger partial charge in [0.2, 0.25) is 0 Å². The maximum Gasteiger partial charge on any atom is 0.161 e. The summed E-state index contributed by atoms with van der Waals surface area (Å²) in [5.41, 5.74) is 15.1. The summed E-state index contributed by atoms with van der Waals surface area (Å²) in [5, 5.41) is 7.27. The van der Waals surface area contributed by atoms with Gasteiger partial charge < -0.3 is 0 Å². The normalized spacial score (nSPS) is 12.9. The summed E-state index contributed by atoms with van der Waals surface area (Å²) >= 11 is 0. The van der Waals surface area contributed by atoms with Crippen molar-refractivity contribution in [2.75, 3.05) is 0 Å². The molecule has 268 valence electrons. The van der Waals surface area contributed by atoms with E-state index in [2.05, 4.69) is 202 Å². The number of hydrogen-bond acceptors (Lipinski definition) is 2. The Bertz CT molecular complexity index is 3210. The predicted octanol–water partition coefficient (Wildman–Crippen LogP) is 14.6. The highest BCUT2D eigenvalue weighted by molar-refractivity contribution is 6.05. The summed E-state index contributed by atoms with van der Waals surface area (Å²) in [4.78, 5) is 10.5. The Morgan fingerprint density at radius 3 is 1.67 bits per heavy atom. The second kappa shape index (κ2) is 13.0. The largest absolute Gasteiger partial charge is 0.228 e. The van der Waals surface area contributed by atoms with E-state index < -0.39 is 0 Å². The molecular formula is C55H38N2. The maximum absolute atomic E-state index is 5.28. The number of aromatic nitrogens is 2. The Labute approximate surface area is 332 Å². The van der Waals surface area contributed by atoms with Crippen molar-refractivity contribution in [3.8, 4) is 67.3 Å². The van der Waals surface area contributed by atoms with Crippen molar-refractivity contribution in [3.05, 3.63) is 205 Å². The molecule has 0 atom stereocenters. The number of rotatable bonds is 5. The topological polar surface area (TPSA) is 25.8 Å². The Hall–Kier alpha value is -7.16. The van der Waals surface area contributed by atoms with Crippen LogP contribution in [-0.4, -0.2) is 9.97 Å². The quantitative estimate of drug-likeness (QED) is 0.176. The van der Waals surface area contributed by atoms with E-state index in [1.165, 1.54) is 71.4 Å². The van der Waals surface area contributed by atoms with Crippen molar-refractivity contribution in [1.29, 1.82) is 0 Å². The smallest absolute Gasteiger partial charge is 0.161 e. The summed E-state index contributed by atoms with van der Waals surface area (Å²) in [6, 6.07) is 70.2. The molecule has 0 amide bonds. The highest BCUT2D eigenvalue weighted by Crippen LogP contribution is 2.53. The molecular weight excluding hydrogens is 689 g/mol. The third kappa shape index (κ3) is 5.48. The number of benzene rings is 9. The minimum atomic E-state index is -0.143. The molecule has 57 heavy (non-hydrogen) atoms. The molecule has 1 aliphatic carbocycles. The van der Waals surface area contributed by atoms with Crippen LogP contribution in [0.25, 0.3) is 99.6 Å². The molecule has 1 aliphatic rings. The van der Waals surface area contributed by atoms with Crippen molar-refractivity contribution < 1.29 is 0 Å². The first-order valence-corrected chi connectivity index (χ1v) is 19.7. The summed E-state index contributed by atoms with van der Waals surface area (Å²) in [7, 11) is 0. The van der Waals surface area contributed by atoms with Gasteiger partial charge in [0.15, 0.2) is 5.82 Å². The molecule has 10 aromatic rings. The molecule has 0 bridgehead atoms. The Morgan fingerprint density at radius 1 is 0.333 bits per heavy atom. The molecule has 1 aromatic heterocycles. The van der Waals surface area contributed by atoms with Crippen LogP contribution in [0.15, 0.2) is 194 Å². The Morgan fingerprint density at radius 2 is 0.895 bits per heavy atom. The lowest BCUT2D eigenvalue weighted by atomic mass is 9.78. The standard InChI is InChI=1S/C55H38N2/c1-55(2)50-33-39-19-9-8-18-38(39)32-49(50)47-25-13-24-44(53(47)55)41-21-12-20-40(31-41)43-28-29-48(46-23-11-10-22-45(43)46)54-56-51(36-15-4-3-5-16-36)34-52(57-54)42-27-26-35-14-6-7-17-37(35)30-42/h3-34H,1-2H3. The Kier molecular flexibility index (Phi) is 7.55. The van der Waals surface area contributed by atoms with E-state index in [0.717, 1.165) is 33.5 Å². The van der Waals surface area contributed by atoms with E-state index in [0.29, 0.717) is 5.82 Å². The fraction of sp³-hybridized carbons (Fsp3) is 0.0545. The minimum absolute atomic E-state index is 0.143. The van der Waals surface area contributed by atoms with Crippen LogP contribution in [0, 0.1) is 0 Å². The zero-order valence-corrected chi connectivity index (χ0v) is 31.9. The minimum Gasteiger partial charge on any atom is -0.228 e. The SMILES string of the molecule is CC1(C)c2cc3ccccc3cc2-c2cccc(-c3cccc(-c4ccc(-c5nc(-c6ccccc6)cc(-c6ccc7ccccc7c6)n5)c5ccccc45)c3)c21. The van der Waals surface area contributed by atoms with Gasteiger partial charge in [0.1, 0.15) is 0 Å². The molecule has 2 nitrogen and oxygen atoms in total. The van der Waals surface area contributed by atoms with Gasteiger partial charge >= 0.3 is 0 Å². The van der Waals surface area contributed by atoms with Crippen molar-refractivity contribution in [2.45, 2.75) is 19.3 Å². The molecule has 11 rings (SSSR count). The molecule has 0 radical (unpaired) electrons. The second-order valence-electron chi connectivity index (χ2n) is 15.8. The van der Waals surface area contributed by atoms with Gasteiger partial charge in [-0.15, -0.1) is 0 Å². The first kappa shape index (κ1) is 33.2. The van der Waals surface area contributed by atoms with Crippen LogP contribution in [0.4, 0.5) is 0 Å². The van der Waals surface area contributed by atoms with Crippen LogP contribution in [0.5, 0.6) is 0 Å². The van der Waals surface area contributed by atoms with E-state index in [4.69, 9.17) is 9.97 Å². The average Bonchev–Trinajstić information content (AvgIpc) is 3.50. The molecule has 9 aromatic carbocycles. The van der Waals surface area contributed by atoms with E-state index in [-0.39, 0.29) is 5.41 Å². The molecule has 2 heteroatoms. The predicted molar refractivity (Wildman–Crippen MR) is 239 cm³/mol. The molecule has 0 unspecified atom stereocenters. The van der Waals surface area contributed by atoms with Crippen molar-refractivity contribution >= 4 is 32.3 Å². The highest BCUT2D eigenvalue weighted by Gasteiger charge is 2.37. The van der Waals surface area contributed by atoms with Crippen LogP contribution in [-0.2, 0) is 5.41 Å². The van der Waals surface area contributed by atoms with Crippen molar-refractivity contribution in [2.24, 2.45) is 0 Å². The first-order valence-electron chi connectivity index (χ1n) is 19.7. The lowest BCUT2D eigenvalue weighted by Gasteiger charge is -2.25. The highest BCUT2D eigenvalue weighted by atomic mass is 14.9. The lowest BCUT2D eigenvalue weighted by Crippen LogP contribution is -2.16. The number of fused-ring (bicyclic) bond motifs is 6. The summed E-state index contributed by atoms with van der Waals surface area (Å²) < 4.78 is 0. The van der Waals surface area contributed by atoms with Gasteiger partial charge in [-0.3, -0.25) is 0 Å². The van der Waals surface area contributed by atoms with Crippen LogP contribution in [0.2, 0.25) is 0 Å². The van der Waals surface area contributed by atoms with Crippen molar-refractivity contribution in [3.63, 3.8) is 0 Å². The van der Waals surface area contributed by atoms with Gasteiger partial charge in [-0.05, 0) is 113 Å². The third-order valence-corrected chi connectivity index (χ3v) is 12.0. The number of hydrogen-bond donors (Lipinski definition) is 0. The fourth-order valence-corrected chi connectivity index (χ4v) is 9.23. The molecule has 1 heterocycles. The van der Waals surface area contributed by atoms with Gasteiger partial charge in [0.05, 0.1) is 11.4 Å². The van der Waals surface area contributed by atoms with Gasteiger partial charge in [-0.25, -0.2) is 9.97 Å². The summed E-state index contributed by atoms with van der Waals surface area (Å²) in [5.74, 6) is 0.713. The first-order chi connectivity index (χ1) is 28.0. The van der Waals surface area contributed by atoms with Crippen LogP contribution < -0.4 is 0 Å². The zero-order chi connectivity index (χ0) is 38.1. The van der Waals surface area contributed by atoms with Gasteiger partial charge in [-0.2, -0.15) is 0 Å². The van der Waals surface area contributed by atoms with E-state index in [1.807, 2.05) is 6.07 Å².